The van der Waals surface area contributed by atoms with Gasteiger partial charge in [0.15, 0.2) is 0 Å². The molecule has 0 aliphatic rings. The van der Waals surface area contributed by atoms with Crippen LogP contribution in [0.2, 0.25) is 5.02 Å². The van der Waals surface area contributed by atoms with Crippen LogP contribution in [-0.2, 0) is 5.33 Å². The second-order valence-corrected chi connectivity index (χ2v) is 4.87. The van der Waals surface area contributed by atoms with E-state index in [1.165, 1.54) is 21.2 Å². The molecule has 1 aromatic carbocycles. The Morgan fingerprint density at radius 2 is 2.23 bits per heavy atom. The Hall–Kier alpha value is -0.0500. The van der Waals surface area contributed by atoms with E-state index in [2.05, 4.69) is 28.2 Å². The van der Waals surface area contributed by atoms with E-state index >= 15 is 0 Å². The first-order valence-corrected chi connectivity index (χ1v) is 6.32. The molecule has 3 heteroatoms. The molecule has 1 heterocycles. The zero-order valence-electron chi connectivity index (χ0n) is 7.10. The van der Waals surface area contributed by atoms with Crippen LogP contribution in [0.15, 0.2) is 17.5 Å². The van der Waals surface area contributed by atoms with Crippen molar-refractivity contribution < 1.29 is 0 Å². The first kappa shape index (κ1) is 9.50. The van der Waals surface area contributed by atoms with Crippen molar-refractivity contribution >= 4 is 49.0 Å². The molecular weight excluding hydrogens is 268 g/mol. The van der Waals surface area contributed by atoms with Crippen LogP contribution in [0.3, 0.4) is 0 Å². The lowest BCUT2D eigenvalue weighted by Crippen LogP contribution is -1.78. The van der Waals surface area contributed by atoms with Gasteiger partial charge in [0.1, 0.15) is 0 Å². The van der Waals surface area contributed by atoms with Gasteiger partial charge in [-0.05, 0) is 40.9 Å². The Bertz CT molecular complexity index is 447. The number of rotatable bonds is 1. The molecule has 0 amide bonds. The second-order valence-electron chi connectivity index (χ2n) is 2.99. The van der Waals surface area contributed by atoms with Crippen LogP contribution >= 0.6 is 38.9 Å². The van der Waals surface area contributed by atoms with Crippen LogP contribution in [0.4, 0.5) is 0 Å². The summed E-state index contributed by atoms with van der Waals surface area (Å²) in [5.74, 6) is 0. The minimum atomic E-state index is 0.823. The summed E-state index contributed by atoms with van der Waals surface area (Å²) < 4.78 is 1.35. The Kier molecular flexibility index (Phi) is 2.63. The summed E-state index contributed by atoms with van der Waals surface area (Å²) >= 11 is 11.3. The van der Waals surface area contributed by atoms with Crippen LogP contribution in [0.25, 0.3) is 10.1 Å². The van der Waals surface area contributed by atoms with Gasteiger partial charge < -0.3 is 0 Å². The van der Waals surface area contributed by atoms with Crippen molar-refractivity contribution in [3.8, 4) is 0 Å². The molecule has 2 aromatic rings. The van der Waals surface area contributed by atoms with E-state index in [1.807, 2.05) is 12.1 Å². The molecule has 0 bridgehead atoms. The lowest BCUT2D eigenvalue weighted by molar-refractivity contribution is 1.50. The number of hydrogen-bond acceptors (Lipinski definition) is 1. The Morgan fingerprint density at radius 1 is 1.46 bits per heavy atom. The monoisotopic (exact) mass is 274 g/mol. The highest BCUT2D eigenvalue weighted by Gasteiger charge is 2.06. The summed E-state index contributed by atoms with van der Waals surface area (Å²) in [6.45, 7) is 2.12. The molecule has 0 unspecified atom stereocenters. The molecule has 68 valence electrons. The minimum absolute atomic E-state index is 0.823. The number of fused-ring (bicyclic) bond motifs is 1. The van der Waals surface area contributed by atoms with Crippen LogP contribution < -0.4 is 0 Å². The van der Waals surface area contributed by atoms with E-state index in [1.54, 1.807) is 11.3 Å². The van der Waals surface area contributed by atoms with Crippen LogP contribution in [0, 0.1) is 6.92 Å². The van der Waals surface area contributed by atoms with Gasteiger partial charge in [-0.3, -0.25) is 0 Å². The SMILES string of the molecule is Cc1csc2c(CBr)cc(Cl)cc12. The molecule has 0 atom stereocenters. The van der Waals surface area contributed by atoms with Crippen molar-refractivity contribution in [3.63, 3.8) is 0 Å². The topological polar surface area (TPSA) is 0 Å². The maximum absolute atomic E-state index is 6.02. The Balaban J connectivity index is 2.84. The number of hydrogen-bond donors (Lipinski definition) is 0. The summed E-state index contributed by atoms with van der Waals surface area (Å²) in [6.07, 6.45) is 0. The van der Waals surface area contributed by atoms with Crippen LogP contribution in [-0.4, -0.2) is 0 Å². The summed E-state index contributed by atoms with van der Waals surface area (Å²) in [4.78, 5) is 0. The van der Waals surface area contributed by atoms with E-state index in [-0.39, 0.29) is 0 Å². The third-order valence-electron chi connectivity index (χ3n) is 2.05. The number of aryl methyl sites for hydroxylation is 1. The van der Waals surface area contributed by atoms with Crippen molar-refractivity contribution in [1.29, 1.82) is 0 Å². The first-order chi connectivity index (χ1) is 6.22. The smallest absolute Gasteiger partial charge is 0.0416 e. The molecule has 0 saturated heterocycles. The van der Waals surface area contributed by atoms with Crippen molar-refractivity contribution in [2.24, 2.45) is 0 Å². The third kappa shape index (κ3) is 1.63. The first-order valence-electron chi connectivity index (χ1n) is 3.94. The molecule has 0 nitrogen and oxygen atoms in total. The van der Waals surface area contributed by atoms with Gasteiger partial charge in [-0.25, -0.2) is 0 Å². The zero-order valence-corrected chi connectivity index (χ0v) is 10.3. The van der Waals surface area contributed by atoms with Gasteiger partial charge >= 0.3 is 0 Å². The lowest BCUT2D eigenvalue weighted by Gasteiger charge is -2.00. The third-order valence-corrected chi connectivity index (χ3v) is 4.06. The Labute approximate surface area is 94.7 Å². The number of benzene rings is 1. The van der Waals surface area contributed by atoms with Gasteiger partial charge in [0.25, 0.3) is 0 Å². The van der Waals surface area contributed by atoms with E-state index in [4.69, 9.17) is 11.6 Å². The predicted molar refractivity (Wildman–Crippen MR) is 64.2 cm³/mol. The molecule has 0 N–H and O–H groups in total. The highest BCUT2D eigenvalue weighted by atomic mass is 79.9. The van der Waals surface area contributed by atoms with Crippen molar-refractivity contribution in [2.75, 3.05) is 0 Å². The minimum Gasteiger partial charge on any atom is -0.143 e. The van der Waals surface area contributed by atoms with E-state index in [0.29, 0.717) is 0 Å². The molecule has 0 aliphatic carbocycles. The average molecular weight is 276 g/mol. The van der Waals surface area contributed by atoms with Gasteiger partial charge in [0.2, 0.25) is 0 Å². The maximum Gasteiger partial charge on any atom is 0.0416 e. The largest absolute Gasteiger partial charge is 0.143 e. The van der Waals surface area contributed by atoms with E-state index in [9.17, 15) is 0 Å². The van der Waals surface area contributed by atoms with Gasteiger partial charge in [0, 0.05) is 15.1 Å². The standard InChI is InChI=1S/C10H8BrClS/c1-6-5-13-10-7(4-11)2-8(12)3-9(6)10/h2-3,5H,4H2,1H3. The fourth-order valence-electron chi connectivity index (χ4n) is 1.39. The average Bonchev–Trinajstić information content (AvgIpc) is 2.47. The van der Waals surface area contributed by atoms with Crippen molar-refractivity contribution in [2.45, 2.75) is 12.3 Å². The molecule has 0 aliphatic heterocycles. The van der Waals surface area contributed by atoms with Gasteiger partial charge in [0.05, 0.1) is 0 Å². The summed E-state index contributed by atoms with van der Waals surface area (Å²) in [6, 6.07) is 4.06. The fourth-order valence-corrected chi connectivity index (χ4v) is 3.31. The van der Waals surface area contributed by atoms with Gasteiger partial charge in [-0.1, -0.05) is 27.5 Å². The summed E-state index contributed by atoms with van der Waals surface area (Å²) in [7, 11) is 0. The van der Waals surface area contributed by atoms with Crippen LogP contribution in [0.1, 0.15) is 11.1 Å². The van der Waals surface area contributed by atoms with Gasteiger partial charge in [-0.15, -0.1) is 11.3 Å². The second kappa shape index (κ2) is 3.60. The molecule has 2 rings (SSSR count). The van der Waals surface area contributed by atoms with Crippen molar-refractivity contribution in [3.05, 3.63) is 33.7 Å². The predicted octanol–water partition coefficient (Wildman–Crippen LogP) is 4.76. The molecule has 13 heavy (non-hydrogen) atoms. The highest BCUT2D eigenvalue weighted by Crippen LogP contribution is 2.32. The highest BCUT2D eigenvalue weighted by molar-refractivity contribution is 9.08. The van der Waals surface area contributed by atoms with Crippen LogP contribution in [0.5, 0.6) is 0 Å². The zero-order chi connectivity index (χ0) is 9.42. The Morgan fingerprint density at radius 3 is 2.92 bits per heavy atom. The molecule has 1 aromatic heterocycles. The normalized spacial score (nSPS) is 11.0. The molecular formula is C10H8BrClS. The molecule has 0 saturated carbocycles. The number of alkyl halides is 1. The molecule has 0 fully saturated rings. The number of thiophene rings is 1. The summed E-state index contributed by atoms with van der Waals surface area (Å²) in [5, 5.41) is 5.15. The number of halogens is 2. The molecule has 0 radical (unpaired) electrons. The maximum atomic E-state index is 6.02. The van der Waals surface area contributed by atoms with Gasteiger partial charge in [-0.2, -0.15) is 0 Å². The quantitative estimate of drug-likeness (QED) is 0.658. The van der Waals surface area contributed by atoms with Crippen molar-refractivity contribution in [1.82, 2.24) is 0 Å². The van der Waals surface area contributed by atoms with E-state index in [0.717, 1.165) is 10.4 Å². The van der Waals surface area contributed by atoms with E-state index < -0.39 is 0 Å². The fraction of sp³-hybridized carbons (Fsp3) is 0.200. The summed E-state index contributed by atoms with van der Waals surface area (Å²) in [5.41, 5.74) is 2.59. The lowest BCUT2D eigenvalue weighted by atomic mass is 10.1. The molecule has 0 spiro atoms.